The summed E-state index contributed by atoms with van der Waals surface area (Å²) in [5.74, 6) is -0.218. The maximum absolute atomic E-state index is 10.7. The number of rotatable bonds is 6. The van der Waals surface area contributed by atoms with E-state index in [4.69, 9.17) is 5.73 Å². The Morgan fingerprint density at radius 1 is 1.11 bits per heavy atom. The predicted octanol–water partition coefficient (Wildman–Crippen LogP) is 2.95. The molecule has 3 nitrogen and oxygen atoms in total. The third-order valence-electron chi connectivity index (χ3n) is 3.06. The topological polar surface area (TPSA) is 56.0 Å². The van der Waals surface area contributed by atoms with Crippen LogP contribution >= 0.6 is 0 Å². The van der Waals surface area contributed by atoms with Crippen molar-refractivity contribution in [3.8, 4) is 11.1 Å². The number of hydrogen-bond donors (Lipinski definition) is 1. The number of nitrogens with zero attached hydrogens (tertiary/aromatic N) is 1. The molecular formula is C16H18N2O. The standard InChI is InChI=1S/C16H18N2O/c17-16(19)9-2-1-5-13-6-3-7-14(11-13)15-8-4-10-18-12-15/h3-4,6-8,10-12H,1-2,5,9H2,(H2,17,19). The minimum atomic E-state index is -0.218. The summed E-state index contributed by atoms with van der Waals surface area (Å²) in [6, 6.07) is 12.4. The molecule has 0 aliphatic heterocycles. The van der Waals surface area contributed by atoms with Crippen molar-refractivity contribution in [1.82, 2.24) is 4.98 Å². The van der Waals surface area contributed by atoms with Gasteiger partial charge in [-0.05, 0) is 42.0 Å². The smallest absolute Gasteiger partial charge is 0.217 e. The van der Waals surface area contributed by atoms with E-state index in [1.807, 2.05) is 12.3 Å². The minimum absolute atomic E-state index is 0.218. The van der Waals surface area contributed by atoms with Gasteiger partial charge in [-0.15, -0.1) is 0 Å². The first-order chi connectivity index (χ1) is 9.25. The number of nitrogens with two attached hydrogens (primary N) is 1. The minimum Gasteiger partial charge on any atom is -0.370 e. The Morgan fingerprint density at radius 2 is 1.95 bits per heavy atom. The van der Waals surface area contributed by atoms with Crippen LogP contribution in [0.1, 0.15) is 24.8 Å². The van der Waals surface area contributed by atoms with Gasteiger partial charge in [0.25, 0.3) is 0 Å². The van der Waals surface area contributed by atoms with Crippen molar-refractivity contribution in [2.75, 3.05) is 0 Å². The number of carbonyl (C=O) groups is 1. The first-order valence-electron chi connectivity index (χ1n) is 6.53. The number of aryl methyl sites for hydroxylation is 1. The van der Waals surface area contributed by atoms with Crippen LogP contribution in [-0.4, -0.2) is 10.9 Å². The van der Waals surface area contributed by atoms with Gasteiger partial charge < -0.3 is 5.73 Å². The van der Waals surface area contributed by atoms with Gasteiger partial charge in [0.2, 0.25) is 5.91 Å². The number of unbranched alkanes of at least 4 members (excludes halogenated alkanes) is 1. The fourth-order valence-corrected chi connectivity index (χ4v) is 2.07. The molecule has 0 aliphatic carbocycles. The summed E-state index contributed by atoms with van der Waals surface area (Å²) in [7, 11) is 0. The van der Waals surface area contributed by atoms with E-state index in [-0.39, 0.29) is 5.91 Å². The lowest BCUT2D eigenvalue weighted by atomic mass is 10.0. The highest BCUT2D eigenvalue weighted by Crippen LogP contribution is 2.20. The third kappa shape index (κ3) is 4.21. The van der Waals surface area contributed by atoms with Crippen LogP contribution in [0, 0.1) is 0 Å². The van der Waals surface area contributed by atoms with E-state index in [1.54, 1.807) is 6.20 Å². The van der Waals surface area contributed by atoms with Gasteiger partial charge in [0.05, 0.1) is 0 Å². The second-order valence-corrected chi connectivity index (χ2v) is 4.62. The first kappa shape index (κ1) is 13.3. The Morgan fingerprint density at radius 3 is 2.68 bits per heavy atom. The molecule has 2 N–H and O–H groups in total. The summed E-state index contributed by atoms with van der Waals surface area (Å²) in [6.45, 7) is 0. The Bertz CT molecular complexity index is 537. The van der Waals surface area contributed by atoms with Crippen molar-refractivity contribution in [2.45, 2.75) is 25.7 Å². The molecule has 1 aromatic carbocycles. The monoisotopic (exact) mass is 254 g/mol. The molecule has 3 heteroatoms. The number of carbonyl (C=O) groups excluding carboxylic acids is 1. The molecule has 0 bridgehead atoms. The lowest BCUT2D eigenvalue weighted by molar-refractivity contribution is -0.118. The molecule has 0 saturated heterocycles. The van der Waals surface area contributed by atoms with Gasteiger partial charge in [0.1, 0.15) is 0 Å². The largest absolute Gasteiger partial charge is 0.370 e. The molecule has 1 amide bonds. The maximum Gasteiger partial charge on any atom is 0.217 e. The number of pyridine rings is 1. The number of aromatic nitrogens is 1. The van der Waals surface area contributed by atoms with Gasteiger partial charge in [-0.2, -0.15) is 0 Å². The van der Waals surface area contributed by atoms with Crippen molar-refractivity contribution in [3.63, 3.8) is 0 Å². The lowest BCUT2D eigenvalue weighted by Crippen LogP contribution is -2.09. The second kappa shape index (κ2) is 6.69. The van der Waals surface area contributed by atoms with Gasteiger partial charge >= 0.3 is 0 Å². The van der Waals surface area contributed by atoms with Crippen LogP contribution in [0.5, 0.6) is 0 Å². The molecule has 0 saturated carbocycles. The maximum atomic E-state index is 10.7. The molecule has 2 aromatic rings. The average molecular weight is 254 g/mol. The van der Waals surface area contributed by atoms with Crippen molar-refractivity contribution < 1.29 is 4.79 Å². The van der Waals surface area contributed by atoms with Crippen LogP contribution in [0.3, 0.4) is 0 Å². The molecule has 0 unspecified atom stereocenters. The van der Waals surface area contributed by atoms with Crippen molar-refractivity contribution in [1.29, 1.82) is 0 Å². The molecule has 1 heterocycles. The molecule has 0 spiro atoms. The number of amides is 1. The summed E-state index contributed by atoms with van der Waals surface area (Å²) in [4.78, 5) is 14.8. The van der Waals surface area contributed by atoms with Crippen LogP contribution in [0.2, 0.25) is 0 Å². The van der Waals surface area contributed by atoms with Crippen LogP contribution in [-0.2, 0) is 11.2 Å². The molecule has 0 aliphatic rings. The van der Waals surface area contributed by atoms with Gasteiger partial charge in [-0.3, -0.25) is 9.78 Å². The van der Waals surface area contributed by atoms with Gasteiger partial charge in [0.15, 0.2) is 0 Å². The molecule has 19 heavy (non-hydrogen) atoms. The zero-order valence-electron chi connectivity index (χ0n) is 10.9. The Kier molecular flexibility index (Phi) is 4.67. The van der Waals surface area contributed by atoms with E-state index in [2.05, 4.69) is 35.3 Å². The van der Waals surface area contributed by atoms with Crippen LogP contribution < -0.4 is 5.73 Å². The van der Waals surface area contributed by atoms with Crippen LogP contribution in [0.4, 0.5) is 0 Å². The van der Waals surface area contributed by atoms with Crippen molar-refractivity contribution in [3.05, 3.63) is 54.4 Å². The molecular weight excluding hydrogens is 236 g/mol. The Labute approximate surface area is 113 Å². The van der Waals surface area contributed by atoms with E-state index < -0.39 is 0 Å². The number of primary amides is 1. The Balaban J connectivity index is 1.98. The van der Waals surface area contributed by atoms with Gasteiger partial charge in [-0.25, -0.2) is 0 Å². The molecule has 0 atom stereocenters. The lowest BCUT2D eigenvalue weighted by Gasteiger charge is -2.05. The second-order valence-electron chi connectivity index (χ2n) is 4.62. The molecule has 0 radical (unpaired) electrons. The highest BCUT2D eigenvalue weighted by molar-refractivity contribution is 5.73. The summed E-state index contributed by atoms with van der Waals surface area (Å²) in [6.07, 6.45) is 6.93. The SMILES string of the molecule is NC(=O)CCCCc1cccc(-c2cccnc2)c1. The summed E-state index contributed by atoms with van der Waals surface area (Å²) < 4.78 is 0. The van der Waals surface area contributed by atoms with Gasteiger partial charge in [-0.1, -0.05) is 30.3 Å². The zero-order valence-corrected chi connectivity index (χ0v) is 10.9. The third-order valence-corrected chi connectivity index (χ3v) is 3.06. The predicted molar refractivity (Wildman–Crippen MR) is 76.4 cm³/mol. The summed E-state index contributed by atoms with van der Waals surface area (Å²) in [5, 5.41) is 0. The average Bonchev–Trinajstić information content (AvgIpc) is 2.45. The highest BCUT2D eigenvalue weighted by atomic mass is 16.1. The fourth-order valence-electron chi connectivity index (χ4n) is 2.07. The molecule has 0 fully saturated rings. The fraction of sp³-hybridized carbons (Fsp3) is 0.250. The van der Waals surface area contributed by atoms with E-state index >= 15 is 0 Å². The van der Waals surface area contributed by atoms with Crippen LogP contribution in [0.15, 0.2) is 48.8 Å². The van der Waals surface area contributed by atoms with E-state index in [1.165, 1.54) is 11.1 Å². The van der Waals surface area contributed by atoms with E-state index in [9.17, 15) is 4.79 Å². The zero-order chi connectivity index (χ0) is 13.5. The molecule has 98 valence electrons. The Hall–Kier alpha value is -2.16. The number of hydrogen-bond acceptors (Lipinski definition) is 2. The highest BCUT2D eigenvalue weighted by Gasteiger charge is 2.00. The first-order valence-corrected chi connectivity index (χ1v) is 6.53. The summed E-state index contributed by atoms with van der Waals surface area (Å²) >= 11 is 0. The quantitative estimate of drug-likeness (QED) is 0.806. The van der Waals surface area contributed by atoms with E-state index in [0.717, 1.165) is 24.8 Å². The van der Waals surface area contributed by atoms with E-state index in [0.29, 0.717) is 6.42 Å². The van der Waals surface area contributed by atoms with Crippen LogP contribution in [0.25, 0.3) is 11.1 Å². The molecule has 1 aromatic heterocycles. The number of benzene rings is 1. The normalized spacial score (nSPS) is 10.3. The summed E-state index contributed by atoms with van der Waals surface area (Å²) in [5.41, 5.74) is 8.72. The van der Waals surface area contributed by atoms with Gasteiger partial charge in [0, 0.05) is 18.8 Å². The molecule has 2 rings (SSSR count). The van der Waals surface area contributed by atoms with Crippen molar-refractivity contribution in [2.24, 2.45) is 5.73 Å². The van der Waals surface area contributed by atoms with Crippen molar-refractivity contribution >= 4 is 5.91 Å².